The van der Waals surface area contributed by atoms with Crippen molar-refractivity contribution in [1.29, 1.82) is 0 Å². The minimum Gasteiger partial charge on any atom is -0.462 e. The van der Waals surface area contributed by atoms with Gasteiger partial charge in [-0.3, -0.25) is 14.4 Å². The van der Waals surface area contributed by atoms with Crippen LogP contribution in [0.4, 0.5) is 0 Å². The first-order chi connectivity index (χ1) is 34.0. The monoisotopic (exact) mass is 965 g/mol. The summed E-state index contributed by atoms with van der Waals surface area (Å²) in [6, 6.07) is 0. The smallest absolute Gasteiger partial charge is 0.306 e. The number of rotatable bonds is 54. The average molecular weight is 966 g/mol. The number of unbranched alkanes of at least 4 members (excludes halogenated alkanes) is 34. The van der Waals surface area contributed by atoms with E-state index >= 15 is 0 Å². The first-order valence-electron chi connectivity index (χ1n) is 29.8. The van der Waals surface area contributed by atoms with Crippen molar-refractivity contribution in [1.82, 2.24) is 0 Å². The molecule has 6 heteroatoms. The molecule has 6 nitrogen and oxygen atoms in total. The number of ether oxygens (including phenoxy) is 3. The van der Waals surface area contributed by atoms with Crippen LogP contribution in [0.2, 0.25) is 0 Å². The fourth-order valence-corrected chi connectivity index (χ4v) is 8.57. The summed E-state index contributed by atoms with van der Waals surface area (Å²) in [4.78, 5) is 38.2. The number of carbonyl (C=O) groups is 3. The van der Waals surface area contributed by atoms with Gasteiger partial charge >= 0.3 is 17.9 Å². The Morgan fingerprint density at radius 1 is 0.319 bits per heavy atom. The number of hydrogen-bond donors (Lipinski definition) is 0. The van der Waals surface area contributed by atoms with Crippen molar-refractivity contribution in [3.63, 3.8) is 0 Å². The SMILES string of the molecule is CC/C=C\C/C=C\C/C=C\CCCCCCCCC(=O)OC(COC(=O)CCCCCCCCCCCC/C=C\C=C/CCCCC)COC(=O)CCCCCCCCCCCCCCCCCC. The van der Waals surface area contributed by atoms with E-state index in [2.05, 4.69) is 81.5 Å². The van der Waals surface area contributed by atoms with Crippen LogP contribution in [-0.4, -0.2) is 37.2 Å². The standard InChI is InChI=1S/C63H112O6/c1-4-7-10-13-16-19-22-25-28-31-32-33-36-38-41-44-47-50-53-56-62(65)68-59-60(69-63(66)57-54-51-48-45-42-39-35-30-27-24-21-18-15-12-9-6-3)58-67-61(64)55-52-49-46-43-40-37-34-29-26-23-20-17-14-11-8-5-2/h9,12,16,18-19,21-22,25,27,30,60H,4-8,10-11,13-15,17,20,23-24,26,28-29,31-59H2,1-3H3/b12-9-,19-16-,21-18-,25-22-,30-27-. The summed E-state index contributed by atoms with van der Waals surface area (Å²) >= 11 is 0. The predicted octanol–water partition coefficient (Wildman–Crippen LogP) is 20.0. The van der Waals surface area contributed by atoms with Gasteiger partial charge in [-0.1, -0.05) is 268 Å². The molecular formula is C63H112O6. The van der Waals surface area contributed by atoms with E-state index in [1.165, 1.54) is 173 Å². The van der Waals surface area contributed by atoms with E-state index in [4.69, 9.17) is 14.2 Å². The van der Waals surface area contributed by atoms with Gasteiger partial charge in [0.25, 0.3) is 0 Å². The Hall–Kier alpha value is -2.89. The molecule has 0 saturated heterocycles. The highest BCUT2D eigenvalue weighted by atomic mass is 16.6. The maximum atomic E-state index is 12.9. The van der Waals surface area contributed by atoms with E-state index < -0.39 is 6.10 Å². The van der Waals surface area contributed by atoms with Crippen molar-refractivity contribution in [2.45, 2.75) is 309 Å². The van der Waals surface area contributed by atoms with Gasteiger partial charge in [-0.05, 0) is 77.0 Å². The first-order valence-corrected chi connectivity index (χ1v) is 29.8. The van der Waals surface area contributed by atoms with E-state index in [0.717, 1.165) is 89.9 Å². The van der Waals surface area contributed by atoms with Gasteiger partial charge in [-0.2, -0.15) is 0 Å². The molecule has 0 saturated carbocycles. The highest BCUT2D eigenvalue weighted by Crippen LogP contribution is 2.16. The molecule has 0 heterocycles. The van der Waals surface area contributed by atoms with Crippen LogP contribution < -0.4 is 0 Å². The van der Waals surface area contributed by atoms with E-state index in [0.29, 0.717) is 19.3 Å². The molecule has 0 aliphatic heterocycles. The third kappa shape index (κ3) is 55.9. The quantitative estimate of drug-likeness (QED) is 0.0199. The van der Waals surface area contributed by atoms with Gasteiger partial charge < -0.3 is 14.2 Å². The van der Waals surface area contributed by atoms with E-state index in [9.17, 15) is 14.4 Å². The molecule has 0 aromatic rings. The van der Waals surface area contributed by atoms with E-state index in [1.54, 1.807) is 0 Å². The Morgan fingerprint density at radius 3 is 1.00 bits per heavy atom. The van der Waals surface area contributed by atoms with Crippen LogP contribution in [0.15, 0.2) is 60.8 Å². The molecule has 0 amide bonds. The summed E-state index contributed by atoms with van der Waals surface area (Å²) in [6.07, 6.45) is 72.1. The van der Waals surface area contributed by atoms with Gasteiger partial charge in [-0.25, -0.2) is 0 Å². The fraction of sp³-hybridized carbons (Fsp3) is 0.794. The van der Waals surface area contributed by atoms with E-state index in [1.807, 2.05) is 0 Å². The lowest BCUT2D eigenvalue weighted by Crippen LogP contribution is -2.30. The van der Waals surface area contributed by atoms with Crippen molar-refractivity contribution in [3.05, 3.63) is 60.8 Å². The van der Waals surface area contributed by atoms with Gasteiger partial charge in [0.15, 0.2) is 6.10 Å². The van der Waals surface area contributed by atoms with E-state index in [-0.39, 0.29) is 31.1 Å². The van der Waals surface area contributed by atoms with Crippen LogP contribution in [-0.2, 0) is 28.6 Å². The highest BCUT2D eigenvalue weighted by Gasteiger charge is 2.19. The van der Waals surface area contributed by atoms with Gasteiger partial charge in [0.1, 0.15) is 13.2 Å². The summed E-state index contributed by atoms with van der Waals surface area (Å²) in [7, 11) is 0. The molecule has 0 radical (unpaired) electrons. The molecule has 0 bridgehead atoms. The molecule has 0 aliphatic carbocycles. The Kier molecular flexibility index (Phi) is 55.3. The molecule has 1 unspecified atom stereocenters. The summed E-state index contributed by atoms with van der Waals surface area (Å²) < 4.78 is 16.9. The van der Waals surface area contributed by atoms with Crippen molar-refractivity contribution >= 4 is 17.9 Å². The van der Waals surface area contributed by atoms with Gasteiger partial charge in [0.2, 0.25) is 0 Å². The topological polar surface area (TPSA) is 78.9 Å². The number of hydrogen-bond acceptors (Lipinski definition) is 6. The van der Waals surface area contributed by atoms with Gasteiger partial charge in [0.05, 0.1) is 0 Å². The second-order valence-corrected chi connectivity index (χ2v) is 19.9. The Labute approximate surface area is 428 Å². The molecule has 400 valence electrons. The summed E-state index contributed by atoms with van der Waals surface area (Å²) in [5.74, 6) is -0.879. The number of carbonyl (C=O) groups excluding carboxylic acids is 3. The summed E-state index contributed by atoms with van der Waals surface area (Å²) in [5.41, 5.74) is 0. The molecule has 0 aromatic heterocycles. The average Bonchev–Trinajstić information content (AvgIpc) is 3.35. The zero-order chi connectivity index (χ0) is 50.0. The molecule has 0 aliphatic rings. The Balaban J connectivity index is 4.37. The van der Waals surface area contributed by atoms with Crippen LogP contribution in [0.25, 0.3) is 0 Å². The maximum Gasteiger partial charge on any atom is 0.306 e. The van der Waals surface area contributed by atoms with Crippen molar-refractivity contribution in [2.75, 3.05) is 13.2 Å². The Morgan fingerprint density at radius 2 is 0.609 bits per heavy atom. The number of allylic oxidation sites excluding steroid dienone is 10. The summed E-state index contributed by atoms with van der Waals surface area (Å²) in [5, 5.41) is 0. The Bertz CT molecular complexity index is 1250. The maximum absolute atomic E-state index is 12.9. The lowest BCUT2D eigenvalue weighted by atomic mass is 10.0. The van der Waals surface area contributed by atoms with Gasteiger partial charge in [-0.15, -0.1) is 0 Å². The predicted molar refractivity (Wildman–Crippen MR) is 298 cm³/mol. The molecule has 0 fully saturated rings. The zero-order valence-corrected chi connectivity index (χ0v) is 45.8. The van der Waals surface area contributed by atoms with Crippen molar-refractivity contribution in [2.24, 2.45) is 0 Å². The minimum atomic E-state index is -0.781. The fourth-order valence-electron chi connectivity index (χ4n) is 8.57. The lowest BCUT2D eigenvalue weighted by Gasteiger charge is -2.18. The second kappa shape index (κ2) is 57.7. The third-order valence-corrected chi connectivity index (χ3v) is 13.0. The third-order valence-electron chi connectivity index (χ3n) is 13.0. The zero-order valence-electron chi connectivity index (χ0n) is 45.8. The molecule has 1 atom stereocenters. The molecule has 0 rings (SSSR count). The van der Waals surface area contributed by atoms with Crippen LogP contribution >= 0.6 is 0 Å². The van der Waals surface area contributed by atoms with Crippen LogP contribution in [0.1, 0.15) is 303 Å². The normalized spacial score (nSPS) is 12.4. The largest absolute Gasteiger partial charge is 0.462 e. The first kappa shape index (κ1) is 66.1. The molecular weight excluding hydrogens is 853 g/mol. The minimum absolute atomic E-state index is 0.0777. The van der Waals surface area contributed by atoms with Crippen LogP contribution in [0.3, 0.4) is 0 Å². The summed E-state index contributed by atoms with van der Waals surface area (Å²) in [6.45, 7) is 6.53. The highest BCUT2D eigenvalue weighted by molar-refractivity contribution is 5.71. The second-order valence-electron chi connectivity index (χ2n) is 19.9. The molecule has 0 spiro atoms. The van der Waals surface area contributed by atoms with Crippen LogP contribution in [0.5, 0.6) is 0 Å². The van der Waals surface area contributed by atoms with Crippen LogP contribution in [0, 0.1) is 0 Å². The van der Waals surface area contributed by atoms with Crippen molar-refractivity contribution < 1.29 is 28.6 Å². The van der Waals surface area contributed by atoms with Gasteiger partial charge in [0, 0.05) is 19.3 Å². The van der Waals surface area contributed by atoms with Crippen molar-refractivity contribution in [3.8, 4) is 0 Å². The lowest BCUT2D eigenvalue weighted by molar-refractivity contribution is -0.167. The molecule has 0 aromatic carbocycles. The molecule has 0 N–H and O–H groups in total. The number of esters is 3. The molecule has 69 heavy (non-hydrogen) atoms.